The van der Waals surface area contributed by atoms with E-state index in [0.29, 0.717) is 36.5 Å². The van der Waals surface area contributed by atoms with Gasteiger partial charge in [0.2, 0.25) is 0 Å². The number of halogens is 5. The number of hydrogen-bond acceptors (Lipinski definition) is 5. The van der Waals surface area contributed by atoms with Crippen LogP contribution in [0.25, 0.3) is 10.2 Å². The number of rotatable bonds is 5. The number of amides is 1. The molecule has 2 aliphatic rings. The molecule has 3 aromatic rings. The Hall–Kier alpha value is -1.69. The van der Waals surface area contributed by atoms with Crippen molar-refractivity contribution in [2.24, 2.45) is 0 Å². The van der Waals surface area contributed by atoms with Crippen molar-refractivity contribution in [3.05, 3.63) is 55.4 Å². The van der Waals surface area contributed by atoms with Gasteiger partial charge in [-0.2, -0.15) is 13.2 Å². The van der Waals surface area contributed by atoms with E-state index < -0.39 is 11.7 Å². The molecule has 0 aliphatic carbocycles. The number of nitrogens with one attached hydrogen (secondary N) is 1. The van der Waals surface area contributed by atoms with E-state index in [1.54, 1.807) is 25.3 Å². The quantitative estimate of drug-likeness (QED) is 0.320. The van der Waals surface area contributed by atoms with Crippen molar-refractivity contribution in [3.8, 4) is 5.75 Å². The number of nitrogens with zero attached hydrogens (tertiary/aromatic N) is 2. The number of carbonyl (C=O) groups excluding carboxylic acids is 1. The number of fused-ring (bicyclic) bond motifs is 3. The summed E-state index contributed by atoms with van der Waals surface area (Å²) in [5.74, 6) is 0.494. The van der Waals surface area contributed by atoms with E-state index in [-0.39, 0.29) is 29.5 Å². The van der Waals surface area contributed by atoms with Gasteiger partial charge in [-0.3, -0.25) is 9.69 Å². The van der Waals surface area contributed by atoms with Crippen LogP contribution in [0.2, 0.25) is 0 Å². The van der Waals surface area contributed by atoms with Crippen LogP contribution in [0.4, 0.5) is 13.2 Å². The maximum Gasteiger partial charge on any atom is 0.418 e. The number of thiazole rings is 1. The first-order chi connectivity index (χ1) is 17.1. The molecule has 2 saturated heterocycles. The van der Waals surface area contributed by atoms with E-state index in [9.17, 15) is 18.0 Å². The number of aromatic nitrogens is 1. The molecule has 192 valence electrons. The molecule has 5 rings (SSSR count). The minimum atomic E-state index is -4.42. The van der Waals surface area contributed by atoms with Crippen LogP contribution in [0.3, 0.4) is 0 Å². The SMILES string of the molecule is COc1c(Br)cc(C(=O)NC2CC3CCCC(C2)N3Cc2nc3c(C(F)(F)F)cccc3s2)cc1Br. The molecule has 2 atom stereocenters. The van der Waals surface area contributed by atoms with Crippen LogP contribution in [-0.2, 0) is 12.7 Å². The Balaban J connectivity index is 1.30. The highest BCUT2D eigenvalue weighted by Gasteiger charge is 2.39. The maximum absolute atomic E-state index is 13.4. The van der Waals surface area contributed by atoms with Crippen LogP contribution < -0.4 is 10.1 Å². The normalized spacial score (nSPS) is 22.6. The number of alkyl halides is 3. The molecular weight excluding hydrogens is 623 g/mol. The number of methoxy groups -OCH3 is 1. The van der Waals surface area contributed by atoms with E-state index >= 15 is 0 Å². The molecule has 3 heterocycles. The van der Waals surface area contributed by atoms with Crippen molar-refractivity contribution < 1.29 is 22.7 Å². The lowest BCUT2D eigenvalue weighted by Gasteiger charge is -2.48. The van der Waals surface area contributed by atoms with E-state index in [2.05, 4.69) is 47.1 Å². The van der Waals surface area contributed by atoms with Gasteiger partial charge in [-0.15, -0.1) is 11.3 Å². The second-order valence-corrected chi connectivity index (χ2v) is 12.1. The number of benzene rings is 2. The average Bonchev–Trinajstić information content (AvgIpc) is 3.21. The lowest BCUT2D eigenvalue weighted by Crippen LogP contribution is -2.56. The Morgan fingerprint density at radius 3 is 2.47 bits per heavy atom. The second kappa shape index (κ2) is 10.2. The third-order valence-electron chi connectivity index (χ3n) is 7.01. The van der Waals surface area contributed by atoms with Gasteiger partial charge in [-0.1, -0.05) is 12.5 Å². The smallest absolute Gasteiger partial charge is 0.418 e. The van der Waals surface area contributed by atoms with Crippen LogP contribution in [0.15, 0.2) is 39.3 Å². The topological polar surface area (TPSA) is 54.5 Å². The van der Waals surface area contributed by atoms with E-state index in [4.69, 9.17) is 4.74 Å². The molecule has 2 unspecified atom stereocenters. The molecule has 2 aliphatic heterocycles. The van der Waals surface area contributed by atoms with Crippen molar-refractivity contribution in [2.45, 2.75) is 63.0 Å². The summed E-state index contributed by atoms with van der Waals surface area (Å²) in [6.45, 7) is 0.533. The van der Waals surface area contributed by atoms with Crippen LogP contribution in [-0.4, -0.2) is 41.0 Å². The summed E-state index contributed by atoms with van der Waals surface area (Å²) in [6.07, 6.45) is 0.303. The summed E-state index contributed by atoms with van der Waals surface area (Å²) < 4.78 is 47.6. The average molecular weight is 647 g/mol. The highest BCUT2D eigenvalue weighted by molar-refractivity contribution is 9.11. The molecule has 1 N–H and O–H groups in total. The van der Waals surface area contributed by atoms with Gasteiger partial charge in [-0.05, 0) is 81.8 Å². The number of ether oxygens (including phenoxy) is 1. The molecule has 0 saturated carbocycles. The highest BCUT2D eigenvalue weighted by atomic mass is 79.9. The van der Waals surface area contributed by atoms with Crippen LogP contribution in [0, 0.1) is 0 Å². The Bertz CT molecular complexity index is 1260. The predicted octanol–water partition coefficient (Wildman–Crippen LogP) is 7.16. The third-order valence-corrected chi connectivity index (χ3v) is 9.20. The summed E-state index contributed by atoms with van der Waals surface area (Å²) in [5.41, 5.74) is -0.105. The zero-order chi connectivity index (χ0) is 25.6. The molecule has 0 radical (unpaired) electrons. The zero-order valence-corrected chi connectivity index (χ0v) is 23.4. The molecule has 1 amide bonds. The lowest BCUT2D eigenvalue weighted by atomic mass is 9.81. The molecule has 36 heavy (non-hydrogen) atoms. The zero-order valence-electron chi connectivity index (χ0n) is 19.4. The van der Waals surface area contributed by atoms with Crippen molar-refractivity contribution in [3.63, 3.8) is 0 Å². The van der Waals surface area contributed by atoms with Gasteiger partial charge in [-0.25, -0.2) is 4.98 Å². The van der Waals surface area contributed by atoms with Crippen LogP contribution in [0.1, 0.15) is 53.0 Å². The van der Waals surface area contributed by atoms with Gasteiger partial charge < -0.3 is 10.1 Å². The fourth-order valence-electron chi connectivity index (χ4n) is 5.46. The van der Waals surface area contributed by atoms with Crippen molar-refractivity contribution in [1.82, 2.24) is 15.2 Å². The van der Waals surface area contributed by atoms with Crippen molar-refractivity contribution >= 4 is 59.3 Å². The van der Waals surface area contributed by atoms with Gasteiger partial charge in [0.25, 0.3) is 5.91 Å². The molecule has 2 fully saturated rings. The van der Waals surface area contributed by atoms with Crippen LogP contribution >= 0.6 is 43.2 Å². The molecule has 5 nitrogen and oxygen atoms in total. The van der Waals surface area contributed by atoms with E-state index in [0.717, 1.165) is 38.2 Å². The molecule has 11 heteroatoms. The lowest BCUT2D eigenvalue weighted by molar-refractivity contribution is -0.136. The Kier molecular flexibility index (Phi) is 7.37. The summed E-state index contributed by atoms with van der Waals surface area (Å²) >= 11 is 8.23. The number of carbonyl (C=O) groups is 1. The summed E-state index contributed by atoms with van der Waals surface area (Å²) in [4.78, 5) is 19.8. The van der Waals surface area contributed by atoms with E-state index in [1.807, 2.05) is 0 Å². The second-order valence-electron chi connectivity index (χ2n) is 9.28. The summed E-state index contributed by atoms with van der Waals surface area (Å²) in [7, 11) is 1.57. The monoisotopic (exact) mass is 645 g/mol. The number of hydrogen-bond donors (Lipinski definition) is 1. The standard InChI is InChI=1S/C25H24Br2F3N3O2S/c1-35-23-18(26)8-13(9-19(23)27)24(34)31-14-10-15-4-2-5-16(11-14)33(15)12-21-32-22-17(25(28,29)30)6-3-7-20(22)36-21/h3,6-9,14-16H,2,4-5,10-12H2,1H3,(H,31,34). The molecule has 0 spiro atoms. The first-order valence-corrected chi connectivity index (χ1v) is 14.1. The fraction of sp³-hybridized carbons (Fsp3) is 0.440. The highest BCUT2D eigenvalue weighted by Crippen LogP contribution is 2.39. The third kappa shape index (κ3) is 5.16. The maximum atomic E-state index is 13.4. The molecular formula is C25H24Br2F3N3O2S. The van der Waals surface area contributed by atoms with Gasteiger partial charge in [0.1, 0.15) is 10.8 Å². The number of para-hydroxylation sites is 1. The minimum Gasteiger partial charge on any atom is -0.494 e. The van der Waals surface area contributed by atoms with Gasteiger partial charge in [0.15, 0.2) is 0 Å². The minimum absolute atomic E-state index is 0.0362. The van der Waals surface area contributed by atoms with Crippen molar-refractivity contribution in [1.29, 1.82) is 0 Å². The summed E-state index contributed by atoms with van der Waals surface area (Å²) in [5, 5.41) is 3.90. The van der Waals surface area contributed by atoms with Gasteiger partial charge in [0.05, 0.1) is 38.4 Å². The molecule has 1 aromatic heterocycles. The number of piperidine rings is 2. The van der Waals surface area contributed by atoms with Gasteiger partial charge >= 0.3 is 6.18 Å². The van der Waals surface area contributed by atoms with Crippen LogP contribution in [0.5, 0.6) is 5.75 Å². The predicted molar refractivity (Wildman–Crippen MR) is 140 cm³/mol. The Morgan fingerprint density at radius 1 is 1.19 bits per heavy atom. The summed E-state index contributed by atoms with van der Waals surface area (Å²) in [6, 6.07) is 8.27. The molecule has 2 bridgehead atoms. The van der Waals surface area contributed by atoms with E-state index in [1.165, 1.54) is 17.4 Å². The molecule has 2 aromatic carbocycles. The first-order valence-electron chi connectivity index (χ1n) is 11.7. The largest absolute Gasteiger partial charge is 0.494 e. The van der Waals surface area contributed by atoms with Crippen molar-refractivity contribution in [2.75, 3.05) is 7.11 Å². The Labute approximate surface area is 227 Å². The first kappa shape index (κ1) is 25.9. The fourth-order valence-corrected chi connectivity index (χ4v) is 7.97. The Morgan fingerprint density at radius 2 is 1.86 bits per heavy atom. The van der Waals surface area contributed by atoms with Gasteiger partial charge in [0, 0.05) is 23.7 Å².